The van der Waals surface area contributed by atoms with Crippen LogP contribution in [-0.2, 0) is 5.16 Å². The predicted octanol–water partition coefficient (Wildman–Crippen LogP) is 8.30. The lowest BCUT2D eigenvalue weighted by molar-refractivity contribution is 0.520. The van der Waals surface area contributed by atoms with Crippen molar-refractivity contribution in [3.8, 4) is 0 Å². The van der Waals surface area contributed by atoms with E-state index in [-0.39, 0.29) is 20.4 Å². The van der Waals surface area contributed by atoms with Crippen LogP contribution in [0.5, 0.6) is 0 Å². The van der Waals surface area contributed by atoms with Gasteiger partial charge in [-0.15, -0.1) is 0 Å². The van der Waals surface area contributed by atoms with Gasteiger partial charge in [0.25, 0.3) is 0 Å². The first kappa shape index (κ1) is 19.0. The van der Waals surface area contributed by atoms with Crippen LogP contribution in [0, 0.1) is 26.7 Å². The largest absolute Gasteiger partial charge is 0.0605 e. The van der Waals surface area contributed by atoms with Crippen LogP contribution in [0.3, 0.4) is 0 Å². The van der Waals surface area contributed by atoms with E-state index in [1.807, 2.05) is 0 Å². The van der Waals surface area contributed by atoms with Crippen LogP contribution in [0.25, 0.3) is 10.9 Å². The number of benzene rings is 3. The molecular weight excluding hydrogens is 398 g/mol. The zero-order chi connectivity index (χ0) is 20.5. The molecule has 2 fully saturated rings. The van der Waals surface area contributed by atoms with Crippen LogP contribution in [0.4, 0.5) is 0 Å². The topological polar surface area (TPSA) is 0 Å². The van der Waals surface area contributed by atoms with Gasteiger partial charge < -0.3 is 0 Å². The second-order valence-corrected chi connectivity index (χ2v) is 15.7. The van der Waals surface area contributed by atoms with Crippen molar-refractivity contribution in [2.24, 2.45) is 5.92 Å². The summed E-state index contributed by atoms with van der Waals surface area (Å²) in [5, 5.41) is 2.01. The van der Waals surface area contributed by atoms with Crippen molar-refractivity contribution in [1.29, 1.82) is 0 Å². The van der Waals surface area contributed by atoms with Crippen LogP contribution in [-0.4, -0.2) is 12.3 Å². The first-order valence-electron chi connectivity index (χ1n) is 11.1. The highest BCUT2D eigenvalue weighted by Crippen LogP contribution is 3.00. The molecule has 0 saturated carbocycles. The van der Waals surface area contributed by atoms with Gasteiger partial charge in [-0.05, 0) is 80.6 Å². The number of rotatable bonds is 3. The van der Waals surface area contributed by atoms with E-state index >= 15 is 0 Å². The molecule has 0 amide bonds. The molecule has 0 aromatic heterocycles. The normalized spacial score (nSPS) is 29.1. The SMILES string of the molecule is Cc1ccc(C2=C(c3ccc(C)cc3)C3(c4ccc(C)cc4)C4CCP3P2C4)cc1. The van der Waals surface area contributed by atoms with Crippen molar-refractivity contribution in [2.75, 3.05) is 12.3 Å². The van der Waals surface area contributed by atoms with E-state index < -0.39 is 0 Å². The molecule has 3 heterocycles. The van der Waals surface area contributed by atoms with Crippen molar-refractivity contribution < 1.29 is 0 Å². The van der Waals surface area contributed by atoms with E-state index in [4.69, 9.17) is 0 Å². The molecule has 0 radical (unpaired) electrons. The van der Waals surface area contributed by atoms with Gasteiger partial charge in [-0.2, -0.15) is 0 Å². The van der Waals surface area contributed by atoms with Crippen molar-refractivity contribution >= 4 is 26.1 Å². The van der Waals surface area contributed by atoms with Gasteiger partial charge in [0.1, 0.15) is 0 Å². The van der Waals surface area contributed by atoms with E-state index in [0.717, 1.165) is 5.92 Å². The lowest BCUT2D eigenvalue weighted by atomic mass is 9.75. The summed E-state index contributed by atoms with van der Waals surface area (Å²) in [7, 11) is -0.0387. The van der Waals surface area contributed by atoms with Crippen LogP contribution >= 0.6 is 15.2 Å². The summed E-state index contributed by atoms with van der Waals surface area (Å²) >= 11 is 0. The molecule has 0 spiro atoms. The molecule has 2 heteroatoms. The maximum atomic E-state index is 2.47. The number of aryl methyl sites for hydroxylation is 3. The average Bonchev–Trinajstić information content (AvgIpc) is 3.37. The third kappa shape index (κ3) is 2.54. The number of hydrogen-bond acceptors (Lipinski definition) is 0. The minimum Gasteiger partial charge on any atom is -0.0605 e. The molecule has 3 aliphatic heterocycles. The maximum Gasteiger partial charge on any atom is 0.0488 e. The molecule has 3 aromatic carbocycles. The van der Waals surface area contributed by atoms with E-state index in [9.17, 15) is 0 Å². The quantitative estimate of drug-likeness (QED) is 0.370. The lowest BCUT2D eigenvalue weighted by Crippen LogP contribution is -2.29. The summed E-state index contributed by atoms with van der Waals surface area (Å²) in [6.45, 7) is 6.62. The first-order chi connectivity index (χ1) is 14.6. The highest BCUT2D eigenvalue weighted by Gasteiger charge is 2.67. The molecule has 30 heavy (non-hydrogen) atoms. The van der Waals surface area contributed by atoms with Gasteiger partial charge in [-0.25, -0.2) is 0 Å². The van der Waals surface area contributed by atoms with Crippen LogP contribution < -0.4 is 0 Å². The van der Waals surface area contributed by atoms with Gasteiger partial charge >= 0.3 is 0 Å². The second-order valence-electron chi connectivity index (χ2n) is 9.28. The molecule has 0 aliphatic carbocycles. The summed E-state index contributed by atoms with van der Waals surface area (Å²) in [6, 6.07) is 28.5. The molecule has 3 aliphatic rings. The zero-order valence-electron chi connectivity index (χ0n) is 18.0. The second kappa shape index (κ2) is 6.88. The van der Waals surface area contributed by atoms with Crippen molar-refractivity contribution in [3.63, 3.8) is 0 Å². The fourth-order valence-corrected chi connectivity index (χ4v) is 17.7. The molecule has 0 nitrogen and oxygen atoms in total. The summed E-state index contributed by atoms with van der Waals surface area (Å²) in [5.41, 5.74) is 10.3. The third-order valence-corrected chi connectivity index (χ3v) is 16.5. The van der Waals surface area contributed by atoms with Gasteiger partial charge in [0.15, 0.2) is 0 Å². The standard InChI is InChI=1S/C28H28P2/c1-19-4-10-22(11-5-19)26-27(23-12-6-20(2)7-13-23)29-18-25-16-17-30(29)28(25,26)24-14-8-21(3)9-15-24/h4-15,25H,16-18H2,1-3H3. The lowest BCUT2D eigenvalue weighted by Gasteiger charge is -2.37. The van der Waals surface area contributed by atoms with Crippen molar-refractivity contribution in [1.82, 2.24) is 0 Å². The molecule has 3 aromatic rings. The predicted molar refractivity (Wildman–Crippen MR) is 134 cm³/mol. The Kier molecular flexibility index (Phi) is 4.36. The third-order valence-electron chi connectivity index (χ3n) is 7.41. The smallest absolute Gasteiger partial charge is 0.0488 e. The Hall–Kier alpha value is -1.74. The van der Waals surface area contributed by atoms with E-state index in [2.05, 4.69) is 93.6 Å². The van der Waals surface area contributed by atoms with Crippen molar-refractivity contribution in [2.45, 2.75) is 32.3 Å². The fourth-order valence-electron chi connectivity index (χ4n) is 5.99. The average molecular weight is 426 g/mol. The Bertz CT molecular complexity index is 1140. The molecular formula is C28H28P2. The molecule has 6 rings (SSSR count). The fraction of sp³-hybridized carbons (Fsp3) is 0.286. The zero-order valence-corrected chi connectivity index (χ0v) is 19.8. The minimum absolute atomic E-state index is 0.000774. The number of hydrogen-bond donors (Lipinski definition) is 0. The highest BCUT2D eigenvalue weighted by molar-refractivity contribution is 8.36. The van der Waals surface area contributed by atoms with E-state index in [1.54, 1.807) is 16.5 Å². The van der Waals surface area contributed by atoms with Gasteiger partial charge in [-0.3, -0.25) is 0 Å². The van der Waals surface area contributed by atoms with E-state index in [1.165, 1.54) is 46.6 Å². The number of allylic oxidation sites excluding steroid dienone is 1. The Morgan fingerprint density at radius 2 is 1.23 bits per heavy atom. The molecule has 4 atom stereocenters. The van der Waals surface area contributed by atoms with Gasteiger partial charge in [0.05, 0.1) is 0 Å². The molecule has 150 valence electrons. The van der Waals surface area contributed by atoms with E-state index in [0.29, 0.717) is 0 Å². The Balaban J connectivity index is 1.66. The summed E-state index contributed by atoms with van der Waals surface area (Å²) in [6.07, 6.45) is 4.34. The molecule has 0 N–H and O–H groups in total. The first-order valence-corrected chi connectivity index (χ1v) is 14.9. The molecule has 4 bridgehead atoms. The summed E-state index contributed by atoms with van der Waals surface area (Å²) in [4.78, 5) is 0. The highest BCUT2D eigenvalue weighted by atomic mass is 32.1. The Labute approximate surface area is 182 Å². The Morgan fingerprint density at radius 3 is 1.83 bits per heavy atom. The summed E-state index contributed by atoms with van der Waals surface area (Å²) < 4.78 is 0. The van der Waals surface area contributed by atoms with Gasteiger partial charge in [-0.1, -0.05) is 97.1 Å². The summed E-state index contributed by atoms with van der Waals surface area (Å²) in [5.74, 6) is 0.836. The molecule has 2 saturated heterocycles. The van der Waals surface area contributed by atoms with Gasteiger partial charge in [0.2, 0.25) is 0 Å². The van der Waals surface area contributed by atoms with Crippen LogP contribution in [0.15, 0.2) is 72.8 Å². The van der Waals surface area contributed by atoms with Gasteiger partial charge in [0, 0.05) is 5.16 Å². The monoisotopic (exact) mass is 426 g/mol. The van der Waals surface area contributed by atoms with Crippen LogP contribution in [0.2, 0.25) is 0 Å². The molecule has 4 unspecified atom stereocenters. The minimum atomic E-state index is -0.0379. The maximum absolute atomic E-state index is 2.47. The van der Waals surface area contributed by atoms with Crippen molar-refractivity contribution in [3.05, 3.63) is 106 Å². The Morgan fingerprint density at radius 1 is 0.700 bits per heavy atom. The van der Waals surface area contributed by atoms with Crippen LogP contribution in [0.1, 0.15) is 39.8 Å².